The summed E-state index contributed by atoms with van der Waals surface area (Å²) in [5.74, 6) is 0. The quantitative estimate of drug-likeness (QED) is 0.479. The van der Waals surface area contributed by atoms with Crippen LogP contribution in [-0.2, 0) is 0 Å². The highest BCUT2D eigenvalue weighted by Gasteiger charge is 2.31. The maximum atomic E-state index is 4.75. The van der Waals surface area contributed by atoms with E-state index in [-0.39, 0.29) is 15.5 Å². The normalized spacial score (nSPS) is 21.8. The smallest absolute Gasteiger partial charge is 0.0666 e. The van der Waals surface area contributed by atoms with Gasteiger partial charge in [-0.25, -0.2) is 0 Å². The zero-order chi connectivity index (χ0) is 20.2. The molecule has 1 aliphatic rings. The van der Waals surface area contributed by atoms with Crippen LogP contribution in [-0.4, -0.2) is 34.5 Å². The van der Waals surface area contributed by atoms with Crippen molar-refractivity contribution in [2.24, 2.45) is 9.98 Å². The van der Waals surface area contributed by atoms with Crippen molar-refractivity contribution in [3.8, 4) is 0 Å². The molecule has 1 heterocycles. The van der Waals surface area contributed by atoms with Crippen LogP contribution in [0.4, 0.5) is 0 Å². The molecule has 1 aliphatic heterocycles. The molecule has 0 N–H and O–H groups in total. The van der Waals surface area contributed by atoms with Crippen molar-refractivity contribution in [2.45, 2.75) is 66.4 Å². The van der Waals surface area contributed by atoms with E-state index in [2.05, 4.69) is 88.1 Å². The average Bonchev–Trinajstić information content (AvgIpc) is 2.60. The largest absolute Gasteiger partial charge is 0.290 e. The Kier molecular flexibility index (Phi) is 6.72. The Hall–Kier alpha value is -1.52. The number of aliphatic imine (C=N–C) groups is 2. The summed E-state index contributed by atoms with van der Waals surface area (Å²) < 4.78 is 0.215. The van der Waals surface area contributed by atoms with Crippen molar-refractivity contribution in [2.75, 3.05) is 6.54 Å². The van der Waals surface area contributed by atoms with Crippen LogP contribution >= 0.6 is 23.5 Å². The van der Waals surface area contributed by atoms with Gasteiger partial charge in [0.2, 0.25) is 0 Å². The minimum atomic E-state index is 0.106. The molecule has 0 aromatic heterocycles. The van der Waals surface area contributed by atoms with E-state index in [1.807, 2.05) is 36.0 Å². The van der Waals surface area contributed by atoms with Crippen LogP contribution in [0.25, 0.3) is 0 Å². The third-order valence-electron chi connectivity index (χ3n) is 4.53. The lowest BCUT2D eigenvalue weighted by molar-refractivity contribution is 0.540. The monoisotopic (exact) mass is 410 g/mol. The summed E-state index contributed by atoms with van der Waals surface area (Å²) in [6.07, 6.45) is 5.12. The maximum absolute atomic E-state index is 4.75. The molecule has 3 rings (SSSR count). The van der Waals surface area contributed by atoms with Crippen molar-refractivity contribution in [1.82, 2.24) is 0 Å². The van der Waals surface area contributed by atoms with Gasteiger partial charge < -0.3 is 0 Å². The third kappa shape index (κ3) is 5.99. The summed E-state index contributed by atoms with van der Waals surface area (Å²) in [4.78, 5) is 12.0. The van der Waals surface area contributed by atoms with Gasteiger partial charge in [-0.05, 0) is 25.5 Å². The molecular formula is C24H30N2S2. The first-order valence-electron chi connectivity index (χ1n) is 9.83. The summed E-state index contributed by atoms with van der Waals surface area (Å²) in [5.41, 5.74) is 2.39. The summed E-state index contributed by atoms with van der Waals surface area (Å²) in [7, 11) is 0. The van der Waals surface area contributed by atoms with Gasteiger partial charge >= 0.3 is 0 Å². The Morgan fingerprint density at radius 1 is 0.786 bits per heavy atom. The van der Waals surface area contributed by atoms with Crippen LogP contribution in [0.15, 0.2) is 68.3 Å². The number of thioether (sulfide) groups is 2. The van der Waals surface area contributed by atoms with Crippen LogP contribution in [0.1, 0.15) is 52.2 Å². The van der Waals surface area contributed by atoms with Gasteiger partial charge in [0.25, 0.3) is 0 Å². The van der Waals surface area contributed by atoms with Crippen LogP contribution in [0.3, 0.4) is 0 Å². The van der Waals surface area contributed by atoms with Gasteiger partial charge in [-0.1, -0.05) is 64.1 Å². The fourth-order valence-corrected chi connectivity index (χ4v) is 6.53. The standard InChI is InChI=1S/C24H30N2S2/c1-18-14-25-15-19-10-6-8-12-21(19)27-23(2,3)17-24(4,5)28-22-13-9-7-11-20(22)16-26-18/h6-13,15-16,18H,14,17H2,1-5H3. The summed E-state index contributed by atoms with van der Waals surface area (Å²) in [6.45, 7) is 12.2. The van der Waals surface area contributed by atoms with Crippen molar-refractivity contribution in [3.63, 3.8) is 0 Å². The highest BCUT2D eigenvalue weighted by molar-refractivity contribution is 8.01. The molecule has 0 spiro atoms. The molecular weight excluding hydrogens is 380 g/mol. The minimum Gasteiger partial charge on any atom is -0.290 e. The molecule has 2 aromatic carbocycles. The third-order valence-corrected chi connectivity index (χ3v) is 7.11. The Balaban J connectivity index is 2.00. The highest BCUT2D eigenvalue weighted by atomic mass is 32.2. The lowest BCUT2D eigenvalue weighted by Gasteiger charge is -2.34. The number of rotatable bonds is 0. The van der Waals surface area contributed by atoms with Crippen LogP contribution in [0.2, 0.25) is 0 Å². The SMILES string of the molecule is CC1CN=Cc2ccccc2SC(C)(C)CC(C)(C)Sc2ccccc2C=N1. The second kappa shape index (κ2) is 8.87. The van der Waals surface area contributed by atoms with Crippen molar-refractivity contribution < 1.29 is 0 Å². The number of nitrogens with zero attached hydrogens (tertiary/aromatic N) is 2. The summed E-state index contributed by atoms with van der Waals surface area (Å²) >= 11 is 3.91. The summed E-state index contributed by atoms with van der Waals surface area (Å²) in [6, 6.07) is 17.3. The van der Waals surface area contributed by atoms with Crippen LogP contribution < -0.4 is 0 Å². The van der Waals surface area contributed by atoms with Gasteiger partial charge in [0.15, 0.2) is 0 Å². The fraction of sp³-hybridized carbons (Fsp3) is 0.417. The molecule has 2 aromatic rings. The predicted octanol–water partition coefficient (Wildman–Crippen LogP) is 6.76. The van der Waals surface area contributed by atoms with E-state index in [0.717, 1.165) is 6.42 Å². The molecule has 2 nitrogen and oxygen atoms in total. The highest BCUT2D eigenvalue weighted by Crippen LogP contribution is 2.45. The molecule has 0 fully saturated rings. The predicted molar refractivity (Wildman–Crippen MR) is 127 cm³/mol. The van der Waals surface area contributed by atoms with E-state index in [1.165, 1.54) is 20.9 Å². The minimum absolute atomic E-state index is 0.106. The van der Waals surface area contributed by atoms with Crippen molar-refractivity contribution in [3.05, 3.63) is 59.7 Å². The van der Waals surface area contributed by atoms with E-state index in [1.54, 1.807) is 0 Å². The lowest BCUT2D eigenvalue weighted by Crippen LogP contribution is -2.28. The summed E-state index contributed by atoms with van der Waals surface area (Å²) in [5, 5.41) is 0. The van der Waals surface area contributed by atoms with Gasteiger partial charge in [-0.15, -0.1) is 23.5 Å². The van der Waals surface area contributed by atoms with E-state index in [4.69, 9.17) is 4.99 Å². The van der Waals surface area contributed by atoms with E-state index in [0.29, 0.717) is 6.54 Å². The molecule has 0 aliphatic carbocycles. The molecule has 1 unspecified atom stereocenters. The van der Waals surface area contributed by atoms with Gasteiger partial charge in [0, 0.05) is 42.8 Å². The zero-order valence-electron chi connectivity index (χ0n) is 17.5. The lowest BCUT2D eigenvalue weighted by atomic mass is 9.99. The van der Waals surface area contributed by atoms with Crippen LogP contribution in [0.5, 0.6) is 0 Å². The number of hydrogen-bond acceptors (Lipinski definition) is 4. The number of fused-ring (bicyclic) bond motifs is 2. The zero-order valence-corrected chi connectivity index (χ0v) is 19.1. The molecule has 148 valence electrons. The van der Waals surface area contributed by atoms with Crippen molar-refractivity contribution in [1.29, 1.82) is 0 Å². The molecule has 4 heteroatoms. The maximum Gasteiger partial charge on any atom is 0.0666 e. The molecule has 0 radical (unpaired) electrons. The molecule has 28 heavy (non-hydrogen) atoms. The Bertz CT molecular complexity index is 868. The van der Waals surface area contributed by atoms with Crippen molar-refractivity contribution >= 4 is 36.0 Å². The molecule has 0 bridgehead atoms. The Morgan fingerprint density at radius 2 is 1.29 bits per heavy atom. The van der Waals surface area contributed by atoms with E-state index in [9.17, 15) is 0 Å². The number of hydrogen-bond donors (Lipinski definition) is 0. The molecule has 0 saturated carbocycles. The Morgan fingerprint density at radius 3 is 1.86 bits per heavy atom. The van der Waals surface area contributed by atoms with Crippen LogP contribution in [0, 0.1) is 0 Å². The Labute approximate surface area is 178 Å². The first kappa shape index (κ1) is 21.2. The molecule has 0 saturated heterocycles. The number of benzene rings is 2. The molecule has 1 atom stereocenters. The van der Waals surface area contributed by atoms with E-state index >= 15 is 0 Å². The first-order valence-corrected chi connectivity index (χ1v) is 11.5. The fourth-order valence-electron chi connectivity index (χ4n) is 3.61. The van der Waals surface area contributed by atoms with Gasteiger partial charge in [-0.3, -0.25) is 9.98 Å². The van der Waals surface area contributed by atoms with Gasteiger partial charge in [0.1, 0.15) is 0 Å². The second-order valence-corrected chi connectivity index (χ2v) is 12.1. The van der Waals surface area contributed by atoms with E-state index < -0.39 is 0 Å². The van der Waals surface area contributed by atoms with Gasteiger partial charge in [0.05, 0.1) is 12.6 Å². The first-order chi connectivity index (χ1) is 13.2. The average molecular weight is 411 g/mol. The molecule has 0 amide bonds. The van der Waals surface area contributed by atoms with Gasteiger partial charge in [-0.2, -0.15) is 0 Å². The topological polar surface area (TPSA) is 24.7 Å². The second-order valence-electron chi connectivity index (χ2n) is 8.60.